The standard InChI is InChI=1S/C23H19N3O4S/c1-16-20(13-23(27)28)21-10-9-17(14-24)15-25(21)22(16)12-18-6-5-11-26(18)31(29,30)19-7-3-2-4-8-19/h2-11,15H,12-13H2,1H3,(H,27,28). The summed E-state index contributed by atoms with van der Waals surface area (Å²) in [6.45, 7) is 1.83. The van der Waals surface area contributed by atoms with Gasteiger partial charge in [0.05, 0.1) is 16.9 Å². The molecule has 0 spiro atoms. The van der Waals surface area contributed by atoms with Gasteiger partial charge in [0.2, 0.25) is 0 Å². The molecule has 4 aromatic rings. The van der Waals surface area contributed by atoms with E-state index in [1.54, 1.807) is 65.2 Å². The third kappa shape index (κ3) is 3.60. The van der Waals surface area contributed by atoms with Crippen molar-refractivity contribution in [1.29, 1.82) is 5.26 Å². The van der Waals surface area contributed by atoms with E-state index in [1.165, 1.54) is 10.2 Å². The lowest BCUT2D eigenvalue weighted by molar-refractivity contribution is -0.136. The van der Waals surface area contributed by atoms with Crippen LogP contribution in [0, 0.1) is 18.3 Å². The Morgan fingerprint density at radius 3 is 2.52 bits per heavy atom. The number of nitriles is 1. The van der Waals surface area contributed by atoms with E-state index in [0.29, 0.717) is 22.3 Å². The van der Waals surface area contributed by atoms with Crippen LogP contribution in [0.3, 0.4) is 0 Å². The minimum Gasteiger partial charge on any atom is -0.481 e. The maximum Gasteiger partial charge on any atom is 0.307 e. The smallest absolute Gasteiger partial charge is 0.307 e. The van der Waals surface area contributed by atoms with Gasteiger partial charge in [-0.05, 0) is 54.4 Å². The van der Waals surface area contributed by atoms with Crippen LogP contribution in [-0.2, 0) is 27.7 Å². The van der Waals surface area contributed by atoms with Crippen LogP contribution in [0.2, 0.25) is 0 Å². The Kier molecular flexibility index (Phi) is 5.13. The molecule has 8 heteroatoms. The molecule has 0 bridgehead atoms. The van der Waals surface area contributed by atoms with E-state index in [9.17, 15) is 23.6 Å². The van der Waals surface area contributed by atoms with E-state index >= 15 is 0 Å². The molecular formula is C23H19N3O4S. The summed E-state index contributed by atoms with van der Waals surface area (Å²) in [5.74, 6) is -0.957. The summed E-state index contributed by atoms with van der Waals surface area (Å²) >= 11 is 0. The Bertz CT molecular complexity index is 1440. The number of hydrogen-bond donors (Lipinski definition) is 1. The number of nitrogens with zero attached hydrogens (tertiary/aromatic N) is 3. The van der Waals surface area contributed by atoms with Gasteiger partial charge >= 0.3 is 5.97 Å². The van der Waals surface area contributed by atoms with Crippen LogP contribution in [0.5, 0.6) is 0 Å². The van der Waals surface area contributed by atoms with Gasteiger partial charge in [0.25, 0.3) is 10.0 Å². The number of aliphatic carboxylic acids is 1. The van der Waals surface area contributed by atoms with Gasteiger partial charge in [0, 0.05) is 35.7 Å². The Balaban J connectivity index is 1.86. The van der Waals surface area contributed by atoms with Crippen molar-refractivity contribution >= 4 is 21.5 Å². The summed E-state index contributed by atoms with van der Waals surface area (Å²) in [4.78, 5) is 11.6. The summed E-state index contributed by atoms with van der Waals surface area (Å²) in [6, 6.07) is 17.0. The normalized spacial score (nSPS) is 11.5. The minimum absolute atomic E-state index is 0.162. The number of carbonyl (C=O) groups is 1. The van der Waals surface area contributed by atoms with Crippen LogP contribution >= 0.6 is 0 Å². The maximum absolute atomic E-state index is 13.1. The average molecular weight is 433 g/mol. The van der Waals surface area contributed by atoms with E-state index in [2.05, 4.69) is 6.07 Å². The predicted molar refractivity (Wildman–Crippen MR) is 114 cm³/mol. The molecule has 0 amide bonds. The first-order valence-corrected chi connectivity index (χ1v) is 11.0. The van der Waals surface area contributed by atoms with Crippen molar-refractivity contribution in [2.75, 3.05) is 0 Å². The summed E-state index contributed by atoms with van der Waals surface area (Å²) in [6.07, 6.45) is 3.24. The number of rotatable bonds is 6. The molecule has 3 heterocycles. The Hall–Kier alpha value is -3.83. The second-order valence-electron chi connectivity index (χ2n) is 7.20. The van der Waals surface area contributed by atoms with Crippen LogP contribution in [0.1, 0.15) is 28.1 Å². The van der Waals surface area contributed by atoms with Crippen molar-refractivity contribution < 1.29 is 18.3 Å². The van der Waals surface area contributed by atoms with Crippen LogP contribution < -0.4 is 0 Å². The molecule has 31 heavy (non-hydrogen) atoms. The second-order valence-corrected chi connectivity index (χ2v) is 9.01. The first-order chi connectivity index (χ1) is 14.8. The van der Waals surface area contributed by atoms with Gasteiger partial charge in [0.15, 0.2) is 0 Å². The highest BCUT2D eigenvalue weighted by atomic mass is 32.2. The van der Waals surface area contributed by atoms with E-state index < -0.39 is 16.0 Å². The molecule has 0 saturated carbocycles. The zero-order chi connectivity index (χ0) is 22.2. The number of fused-ring (bicyclic) bond motifs is 1. The summed E-state index contributed by atoms with van der Waals surface area (Å²) in [7, 11) is -3.78. The fourth-order valence-corrected chi connectivity index (χ4v) is 5.22. The highest BCUT2D eigenvalue weighted by Crippen LogP contribution is 2.28. The lowest BCUT2D eigenvalue weighted by atomic mass is 10.1. The van der Waals surface area contributed by atoms with Crippen LogP contribution in [0.15, 0.2) is 71.9 Å². The molecule has 0 fully saturated rings. The number of pyridine rings is 1. The lowest BCUT2D eigenvalue weighted by Gasteiger charge is -2.12. The molecule has 7 nitrogen and oxygen atoms in total. The van der Waals surface area contributed by atoms with Crippen molar-refractivity contribution in [1.82, 2.24) is 8.37 Å². The topological polar surface area (TPSA) is 105 Å². The van der Waals surface area contributed by atoms with Gasteiger partial charge in [-0.15, -0.1) is 0 Å². The number of carboxylic acid groups (broad SMARTS) is 1. The monoisotopic (exact) mass is 433 g/mol. The number of carboxylic acids is 1. The van der Waals surface area contributed by atoms with Crippen molar-refractivity contribution in [2.45, 2.75) is 24.7 Å². The third-order valence-electron chi connectivity index (χ3n) is 5.33. The molecule has 4 rings (SSSR count). The number of aromatic nitrogens is 2. The summed E-state index contributed by atoms with van der Waals surface area (Å²) in [5.41, 5.74) is 3.82. The van der Waals surface area contributed by atoms with E-state index in [-0.39, 0.29) is 17.7 Å². The zero-order valence-corrected chi connectivity index (χ0v) is 17.5. The molecule has 0 radical (unpaired) electrons. The molecule has 0 aliphatic heterocycles. The Labute approximate surface area is 179 Å². The molecule has 0 unspecified atom stereocenters. The molecule has 0 saturated heterocycles. The Morgan fingerprint density at radius 2 is 1.84 bits per heavy atom. The molecule has 0 aliphatic carbocycles. The highest BCUT2D eigenvalue weighted by molar-refractivity contribution is 7.90. The van der Waals surface area contributed by atoms with Crippen molar-refractivity contribution in [3.05, 3.63) is 95.1 Å². The lowest BCUT2D eigenvalue weighted by Crippen LogP contribution is -2.15. The first-order valence-electron chi connectivity index (χ1n) is 9.54. The number of benzene rings is 1. The number of hydrogen-bond acceptors (Lipinski definition) is 4. The van der Waals surface area contributed by atoms with Gasteiger partial charge < -0.3 is 9.51 Å². The van der Waals surface area contributed by atoms with Gasteiger partial charge in [-0.25, -0.2) is 12.4 Å². The van der Waals surface area contributed by atoms with Crippen LogP contribution in [0.25, 0.3) is 5.52 Å². The molecule has 0 atom stereocenters. The second kappa shape index (κ2) is 7.78. The molecule has 156 valence electrons. The van der Waals surface area contributed by atoms with Crippen LogP contribution in [0.4, 0.5) is 0 Å². The first kappa shape index (κ1) is 20.4. The molecule has 1 aromatic carbocycles. The van der Waals surface area contributed by atoms with E-state index in [4.69, 9.17) is 0 Å². The quantitative estimate of drug-likeness (QED) is 0.502. The fourth-order valence-electron chi connectivity index (χ4n) is 3.83. The van der Waals surface area contributed by atoms with Crippen LogP contribution in [-0.4, -0.2) is 27.9 Å². The largest absolute Gasteiger partial charge is 0.481 e. The maximum atomic E-state index is 13.1. The summed E-state index contributed by atoms with van der Waals surface area (Å²) in [5, 5.41) is 18.7. The van der Waals surface area contributed by atoms with Gasteiger partial charge in [-0.3, -0.25) is 4.79 Å². The highest BCUT2D eigenvalue weighted by Gasteiger charge is 2.22. The molecule has 1 N–H and O–H groups in total. The van der Waals surface area contributed by atoms with Crippen molar-refractivity contribution in [3.63, 3.8) is 0 Å². The zero-order valence-electron chi connectivity index (χ0n) is 16.7. The predicted octanol–water partition coefficient (Wildman–Crippen LogP) is 3.38. The molecule has 3 aromatic heterocycles. The average Bonchev–Trinajstić information content (AvgIpc) is 3.33. The van der Waals surface area contributed by atoms with Gasteiger partial charge in [-0.2, -0.15) is 5.26 Å². The SMILES string of the molecule is Cc1c(CC(=O)O)c2ccc(C#N)cn2c1Cc1cccn1S(=O)(=O)c1ccccc1. The van der Waals surface area contributed by atoms with Gasteiger partial charge in [0.1, 0.15) is 6.07 Å². The Morgan fingerprint density at radius 1 is 1.10 bits per heavy atom. The minimum atomic E-state index is -3.78. The molecular weight excluding hydrogens is 414 g/mol. The van der Waals surface area contributed by atoms with E-state index in [1.807, 2.05) is 6.92 Å². The van der Waals surface area contributed by atoms with Crippen molar-refractivity contribution in [2.24, 2.45) is 0 Å². The fraction of sp³-hybridized carbons (Fsp3) is 0.130. The molecule has 0 aliphatic rings. The summed E-state index contributed by atoms with van der Waals surface area (Å²) < 4.78 is 29.3. The van der Waals surface area contributed by atoms with Gasteiger partial charge in [-0.1, -0.05) is 18.2 Å². The third-order valence-corrected chi connectivity index (χ3v) is 7.07. The van der Waals surface area contributed by atoms with E-state index in [0.717, 1.165) is 11.3 Å². The van der Waals surface area contributed by atoms with Crippen molar-refractivity contribution in [3.8, 4) is 6.07 Å².